The van der Waals surface area contributed by atoms with Crippen molar-refractivity contribution in [3.63, 3.8) is 0 Å². The molecule has 0 amide bonds. The second kappa shape index (κ2) is 15.0. The van der Waals surface area contributed by atoms with Gasteiger partial charge in [0.15, 0.2) is 5.96 Å². The highest BCUT2D eigenvalue weighted by molar-refractivity contribution is 5.79. The van der Waals surface area contributed by atoms with Crippen LogP contribution in [-0.4, -0.2) is 76.6 Å². The summed E-state index contributed by atoms with van der Waals surface area (Å²) in [7, 11) is 0. The number of benzene rings is 1. The fourth-order valence-corrected chi connectivity index (χ4v) is 3.03. The summed E-state index contributed by atoms with van der Waals surface area (Å²) in [5, 5.41) is 6.61. The number of rotatable bonds is 13. The number of ether oxygens (including phenoxy) is 3. The van der Waals surface area contributed by atoms with E-state index >= 15 is 0 Å². The quantitative estimate of drug-likeness (QED) is 0.290. The molecule has 0 atom stereocenters. The topological polar surface area (TPSA) is 67.4 Å². The molecule has 0 radical (unpaired) electrons. The van der Waals surface area contributed by atoms with E-state index in [0.29, 0.717) is 25.7 Å². The van der Waals surface area contributed by atoms with Crippen molar-refractivity contribution in [1.29, 1.82) is 0 Å². The lowest BCUT2D eigenvalue weighted by molar-refractivity contribution is 0.0322. The van der Waals surface area contributed by atoms with Gasteiger partial charge in [-0.15, -0.1) is 0 Å². The van der Waals surface area contributed by atoms with Gasteiger partial charge in [0.2, 0.25) is 0 Å². The number of aliphatic imine (C=N–C) groups is 1. The molecule has 1 aliphatic heterocycles. The third-order valence-corrected chi connectivity index (χ3v) is 4.82. The minimum atomic E-state index is 0.601. The van der Waals surface area contributed by atoms with E-state index < -0.39 is 0 Å². The lowest BCUT2D eigenvalue weighted by Gasteiger charge is -2.26. The molecule has 0 aliphatic carbocycles. The Kier molecular flexibility index (Phi) is 12.3. The Labute approximate surface area is 182 Å². The van der Waals surface area contributed by atoms with E-state index in [0.717, 1.165) is 76.2 Å². The molecule has 1 aromatic carbocycles. The third kappa shape index (κ3) is 10.8. The summed E-state index contributed by atoms with van der Waals surface area (Å²) in [5.74, 6) is 2.38. The van der Waals surface area contributed by atoms with E-state index in [2.05, 4.69) is 53.4 Å². The highest BCUT2D eigenvalue weighted by Gasteiger charge is 2.09. The first-order valence-electron chi connectivity index (χ1n) is 11.3. The van der Waals surface area contributed by atoms with Gasteiger partial charge in [-0.2, -0.15) is 0 Å². The van der Waals surface area contributed by atoms with Crippen LogP contribution in [0.1, 0.15) is 32.8 Å². The van der Waals surface area contributed by atoms with E-state index in [1.54, 1.807) is 0 Å². The van der Waals surface area contributed by atoms with Crippen molar-refractivity contribution in [2.24, 2.45) is 10.9 Å². The van der Waals surface area contributed by atoms with E-state index in [4.69, 9.17) is 14.2 Å². The molecule has 1 fully saturated rings. The molecular weight excluding hydrogens is 380 g/mol. The van der Waals surface area contributed by atoms with Gasteiger partial charge >= 0.3 is 0 Å². The van der Waals surface area contributed by atoms with Crippen molar-refractivity contribution >= 4 is 5.96 Å². The van der Waals surface area contributed by atoms with Gasteiger partial charge in [-0.05, 0) is 37.0 Å². The van der Waals surface area contributed by atoms with Gasteiger partial charge in [0.05, 0.1) is 26.4 Å². The molecule has 1 aromatic rings. The summed E-state index contributed by atoms with van der Waals surface area (Å²) in [4.78, 5) is 7.06. The molecule has 7 heteroatoms. The van der Waals surface area contributed by atoms with Crippen molar-refractivity contribution in [3.05, 3.63) is 29.8 Å². The predicted molar refractivity (Wildman–Crippen MR) is 122 cm³/mol. The van der Waals surface area contributed by atoms with Crippen LogP contribution in [0.25, 0.3) is 0 Å². The van der Waals surface area contributed by atoms with Gasteiger partial charge in [-0.25, -0.2) is 4.99 Å². The molecule has 7 nitrogen and oxygen atoms in total. The number of guanidine groups is 1. The van der Waals surface area contributed by atoms with Gasteiger partial charge < -0.3 is 24.8 Å². The molecule has 2 rings (SSSR count). The zero-order valence-electron chi connectivity index (χ0n) is 19.0. The van der Waals surface area contributed by atoms with Gasteiger partial charge in [-0.1, -0.05) is 26.0 Å². The van der Waals surface area contributed by atoms with Crippen LogP contribution in [-0.2, 0) is 16.0 Å². The zero-order valence-corrected chi connectivity index (χ0v) is 19.0. The molecule has 1 aliphatic rings. The van der Waals surface area contributed by atoms with Crippen LogP contribution in [0.2, 0.25) is 0 Å². The average Bonchev–Trinajstić information content (AvgIpc) is 2.75. The Morgan fingerprint density at radius 2 is 2.00 bits per heavy atom. The molecule has 1 heterocycles. The number of hydrogen-bond donors (Lipinski definition) is 2. The normalized spacial score (nSPS) is 15.4. The summed E-state index contributed by atoms with van der Waals surface area (Å²) in [5.41, 5.74) is 1.13. The van der Waals surface area contributed by atoms with Crippen LogP contribution in [0.15, 0.2) is 29.3 Å². The zero-order chi connectivity index (χ0) is 21.4. The number of nitrogens with one attached hydrogen (secondary N) is 2. The highest BCUT2D eigenvalue weighted by atomic mass is 16.5. The van der Waals surface area contributed by atoms with Crippen molar-refractivity contribution in [3.8, 4) is 5.75 Å². The molecule has 0 unspecified atom stereocenters. The largest absolute Gasteiger partial charge is 0.492 e. The van der Waals surface area contributed by atoms with Gasteiger partial charge in [0.1, 0.15) is 12.4 Å². The lowest BCUT2D eigenvalue weighted by Crippen LogP contribution is -2.39. The lowest BCUT2D eigenvalue weighted by atomic mass is 10.1. The molecule has 1 saturated heterocycles. The Balaban J connectivity index is 1.72. The molecule has 0 aromatic heterocycles. The standard InChI is InChI=1S/C23H40N4O3/c1-4-24-23(25-9-14-28-13-8-20(2)3)26-19-21-6-5-7-22(18-21)30-17-12-27-10-15-29-16-11-27/h5-7,18,20H,4,8-17,19H2,1-3H3,(H2,24,25,26). The van der Waals surface area contributed by atoms with Crippen LogP contribution in [0.5, 0.6) is 5.75 Å². The second-order valence-corrected chi connectivity index (χ2v) is 7.87. The number of hydrogen-bond acceptors (Lipinski definition) is 5. The monoisotopic (exact) mass is 420 g/mol. The predicted octanol–water partition coefficient (Wildman–Crippen LogP) is 2.52. The Hall–Kier alpha value is -1.83. The third-order valence-electron chi connectivity index (χ3n) is 4.82. The summed E-state index contributed by atoms with van der Waals surface area (Å²) >= 11 is 0. The Morgan fingerprint density at radius 1 is 1.17 bits per heavy atom. The molecule has 2 N–H and O–H groups in total. The molecular formula is C23H40N4O3. The van der Waals surface area contributed by atoms with Crippen LogP contribution in [0, 0.1) is 5.92 Å². The maximum atomic E-state index is 5.94. The maximum absolute atomic E-state index is 5.94. The first-order chi connectivity index (χ1) is 14.7. The fraction of sp³-hybridized carbons (Fsp3) is 0.696. The number of nitrogens with zero attached hydrogens (tertiary/aromatic N) is 2. The van der Waals surface area contributed by atoms with Gasteiger partial charge in [-0.3, -0.25) is 4.90 Å². The molecule has 0 bridgehead atoms. The van der Waals surface area contributed by atoms with Crippen molar-refractivity contribution in [2.45, 2.75) is 33.7 Å². The minimum Gasteiger partial charge on any atom is -0.492 e. The van der Waals surface area contributed by atoms with Crippen LogP contribution >= 0.6 is 0 Å². The Morgan fingerprint density at radius 3 is 2.77 bits per heavy atom. The summed E-state index contributed by atoms with van der Waals surface area (Å²) in [6.07, 6.45) is 1.10. The maximum Gasteiger partial charge on any atom is 0.191 e. The van der Waals surface area contributed by atoms with Crippen LogP contribution < -0.4 is 15.4 Å². The van der Waals surface area contributed by atoms with Gasteiger partial charge in [0.25, 0.3) is 0 Å². The van der Waals surface area contributed by atoms with E-state index in [1.165, 1.54) is 0 Å². The van der Waals surface area contributed by atoms with E-state index in [9.17, 15) is 0 Å². The first kappa shape index (κ1) is 24.4. The average molecular weight is 421 g/mol. The summed E-state index contributed by atoms with van der Waals surface area (Å²) < 4.78 is 17.0. The summed E-state index contributed by atoms with van der Waals surface area (Å²) in [6, 6.07) is 8.18. The fourth-order valence-electron chi connectivity index (χ4n) is 3.03. The molecule has 30 heavy (non-hydrogen) atoms. The smallest absolute Gasteiger partial charge is 0.191 e. The molecule has 0 saturated carbocycles. The SMILES string of the molecule is CCNC(=NCc1cccc(OCCN2CCOCC2)c1)NCCOCCC(C)C. The first-order valence-corrected chi connectivity index (χ1v) is 11.3. The van der Waals surface area contributed by atoms with Crippen molar-refractivity contribution < 1.29 is 14.2 Å². The van der Waals surface area contributed by atoms with Gasteiger partial charge in [0, 0.05) is 39.3 Å². The number of morpholine rings is 1. The van der Waals surface area contributed by atoms with Crippen LogP contribution in [0.4, 0.5) is 0 Å². The van der Waals surface area contributed by atoms with Crippen LogP contribution in [0.3, 0.4) is 0 Å². The second-order valence-electron chi connectivity index (χ2n) is 7.87. The van der Waals surface area contributed by atoms with Crippen molar-refractivity contribution in [2.75, 3.05) is 65.8 Å². The van der Waals surface area contributed by atoms with Crippen molar-refractivity contribution in [1.82, 2.24) is 15.5 Å². The minimum absolute atomic E-state index is 0.601. The molecule has 0 spiro atoms. The highest BCUT2D eigenvalue weighted by Crippen LogP contribution is 2.14. The van der Waals surface area contributed by atoms with E-state index in [1.807, 2.05) is 12.1 Å². The van der Waals surface area contributed by atoms with E-state index in [-0.39, 0.29) is 0 Å². The summed E-state index contributed by atoms with van der Waals surface area (Å²) in [6.45, 7) is 15.4. The molecule has 170 valence electrons. The Bertz CT molecular complexity index is 604.